The third-order valence-electron chi connectivity index (χ3n) is 4.53. The first-order valence-corrected chi connectivity index (χ1v) is 7.55. The number of hydrogen-bond donors (Lipinski definition) is 1. The molecule has 5 nitrogen and oxygen atoms in total. The molecule has 0 aromatic heterocycles. The minimum Gasteiger partial charge on any atom is -0.479 e. The Kier molecular flexibility index (Phi) is 4.03. The van der Waals surface area contributed by atoms with Gasteiger partial charge in [-0.3, -0.25) is 4.79 Å². The average molecular weight is 343 g/mol. The zero-order valence-corrected chi connectivity index (χ0v) is 12.7. The number of hydrogen-bond acceptors (Lipinski definition) is 3. The van der Waals surface area contributed by atoms with Crippen LogP contribution in [0.5, 0.6) is 0 Å². The second kappa shape index (κ2) is 5.77. The number of ether oxygens (including phenoxy) is 1. The van der Waals surface area contributed by atoms with Crippen LogP contribution in [0.4, 0.5) is 13.2 Å². The Morgan fingerprint density at radius 2 is 2.00 bits per heavy atom. The van der Waals surface area contributed by atoms with Crippen molar-refractivity contribution in [1.82, 2.24) is 4.90 Å². The first-order valence-electron chi connectivity index (χ1n) is 7.55. The standard InChI is InChI=1S/C16H16F3NO4/c17-16(18,19)11-3-1-2-10(8-11)15(4-5-15)14(23)20-6-7-24-12(9-20)13(21)22/h1-3,8,12H,4-7,9H2,(H,21,22)/t12-/m1/s1. The Balaban J connectivity index is 1.83. The van der Waals surface area contributed by atoms with E-state index in [9.17, 15) is 22.8 Å². The first kappa shape index (κ1) is 16.8. The summed E-state index contributed by atoms with van der Waals surface area (Å²) in [4.78, 5) is 25.2. The van der Waals surface area contributed by atoms with Gasteiger partial charge in [-0.05, 0) is 24.5 Å². The lowest BCUT2D eigenvalue weighted by Crippen LogP contribution is -2.51. The van der Waals surface area contributed by atoms with Crippen LogP contribution in [0.1, 0.15) is 24.0 Å². The summed E-state index contributed by atoms with van der Waals surface area (Å²) < 4.78 is 43.8. The van der Waals surface area contributed by atoms with Crippen molar-refractivity contribution in [1.29, 1.82) is 0 Å². The van der Waals surface area contributed by atoms with Crippen molar-refractivity contribution in [2.75, 3.05) is 19.7 Å². The molecule has 1 amide bonds. The Morgan fingerprint density at radius 3 is 2.58 bits per heavy atom. The molecule has 0 spiro atoms. The summed E-state index contributed by atoms with van der Waals surface area (Å²) in [6.07, 6.45) is -4.65. The molecule has 0 bridgehead atoms. The summed E-state index contributed by atoms with van der Waals surface area (Å²) in [6.45, 7) is 0.250. The number of nitrogens with zero attached hydrogens (tertiary/aromatic N) is 1. The fourth-order valence-electron chi connectivity index (χ4n) is 3.03. The van der Waals surface area contributed by atoms with Gasteiger partial charge in [-0.15, -0.1) is 0 Å². The highest BCUT2D eigenvalue weighted by Gasteiger charge is 2.54. The van der Waals surface area contributed by atoms with Crippen molar-refractivity contribution in [3.05, 3.63) is 35.4 Å². The van der Waals surface area contributed by atoms with Gasteiger partial charge in [0.1, 0.15) is 0 Å². The Hall–Kier alpha value is -2.09. The predicted molar refractivity (Wildman–Crippen MR) is 76.3 cm³/mol. The van der Waals surface area contributed by atoms with Crippen molar-refractivity contribution < 1.29 is 32.6 Å². The number of halogens is 3. The number of carbonyl (C=O) groups excluding carboxylic acids is 1. The van der Waals surface area contributed by atoms with Crippen molar-refractivity contribution in [3.63, 3.8) is 0 Å². The monoisotopic (exact) mass is 343 g/mol. The molecule has 1 aliphatic heterocycles. The molecule has 0 radical (unpaired) electrons. The van der Waals surface area contributed by atoms with Crippen molar-refractivity contribution >= 4 is 11.9 Å². The molecular weight excluding hydrogens is 327 g/mol. The van der Waals surface area contributed by atoms with E-state index in [1.807, 2.05) is 0 Å². The number of benzene rings is 1. The number of alkyl halides is 3. The van der Waals surface area contributed by atoms with Gasteiger partial charge in [0.25, 0.3) is 0 Å². The van der Waals surface area contributed by atoms with Crippen molar-refractivity contribution in [2.24, 2.45) is 0 Å². The van der Waals surface area contributed by atoms with Gasteiger partial charge in [0, 0.05) is 6.54 Å². The molecule has 1 saturated heterocycles. The second-order valence-corrected chi connectivity index (χ2v) is 6.11. The summed E-state index contributed by atoms with van der Waals surface area (Å²) in [7, 11) is 0. The molecule has 8 heteroatoms. The second-order valence-electron chi connectivity index (χ2n) is 6.11. The molecule has 1 aromatic carbocycles. The van der Waals surface area contributed by atoms with E-state index in [1.165, 1.54) is 17.0 Å². The summed E-state index contributed by atoms with van der Waals surface area (Å²) in [6, 6.07) is 4.80. The molecule has 130 valence electrons. The van der Waals surface area contributed by atoms with Crippen LogP contribution in [-0.4, -0.2) is 47.7 Å². The van der Waals surface area contributed by atoms with Gasteiger partial charge in [0.2, 0.25) is 5.91 Å². The van der Waals surface area contributed by atoms with Gasteiger partial charge in [0.15, 0.2) is 6.10 Å². The zero-order chi connectivity index (χ0) is 17.5. The molecular formula is C16H16F3NO4. The largest absolute Gasteiger partial charge is 0.479 e. The highest BCUT2D eigenvalue weighted by atomic mass is 19.4. The van der Waals surface area contributed by atoms with Crippen molar-refractivity contribution in [2.45, 2.75) is 30.5 Å². The smallest absolute Gasteiger partial charge is 0.416 e. The SMILES string of the molecule is O=C(O)[C@H]1CN(C(=O)C2(c3cccc(C(F)(F)F)c3)CC2)CCO1. The average Bonchev–Trinajstić information content (AvgIpc) is 3.35. The van der Waals surface area contributed by atoms with E-state index in [0.717, 1.165) is 12.1 Å². The molecule has 0 unspecified atom stereocenters. The molecule has 1 N–H and O–H groups in total. The molecule has 3 rings (SSSR count). The molecule has 2 aliphatic rings. The normalized spacial score (nSPS) is 23.0. The maximum Gasteiger partial charge on any atom is 0.416 e. The van der Waals surface area contributed by atoms with Crippen LogP contribution < -0.4 is 0 Å². The minimum atomic E-state index is -4.47. The van der Waals surface area contributed by atoms with Crippen molar-refractivity contribution in [3.8, 4) is 0 Å². The van der Waals surface area contributed by atoms with E-state index < -0.39 is 29.2 Å². The summed E-state index contributed by atoms with van der Waals surface area (Å²) in [5, 5.41) is 9.01. The number of carbonyl (C=O) groups is 2. The van der Waals surface area contributed by atoms with Gasteiger partial charge in [-0.25, -0.2) is 4.79 Å². The maximum atomic E-state index is 12.9. The minimum absolute atomic E-state index is 0.0884. The van der Waals surface area contributed by atoms with E-state index >= 15 is 0 Å². The number of carboxylic acids is 1. The van der Waals surface area contributed by atoms with Crippen LogP contribution in [0.15, 0.2) is 24.3 Å². The molecule has 1 aliphatic carbocycles. The Morgan fingerprint density at radius 1 is 1.29 bits per heavy atom. The van der Waals surface area contributed by atoms with Crippen LogP contribution in [-0.2, 0) is 25.9 Å². The van der Waals surface area contributed by atoms with E-state index in [1.54, 1.807) is 0 Å². The fourth-order valence-corrected chi connectivity index (χ4v) is 3.03. The molecule has 24 heavy (non-hydrogen) atoms. The van der Waals surface area contributed by atoms with Gasteiger partial charge in [-0.1, -0.05) is 18.2 Å². The molecule has 2 fully saturated rings. The van der Waals surface area contributed by atoms with Crippen LogP contribution in [0, 0.1) is 0 Å². The van der Waals surface area contributed by atoms with Crippen LogP contribution in [0.25, 0.3) is 0 Å². The third-order valence-corrected chi connectivity index (χ3v) is 4.53. The topological polar surface area (TPSA) is 66.8 Å². The van der Waals surface area contributed by atoms with E-state index in [0.29, 0.717) is 18.4 Å². The zero-order valence-electron chi connectivity index (χ0n) is 12.7. The molecule has 1 atom stereocenters. The highest BCUT2D eigenvalue weighted by Crippen LogP contribution is 2.50. The third kappa shape index (κ3) is 2.98. The van der Waals surface area contributed by atoms with Crippen LogP contribution in [0.3, 0.4) is 0 Å². The molecule has 1 aromatic rings. The fraction of sp³-hybridized carbons (Fsp3) is 0.500. The lowest BCUT2D eigenvalue weighted by molar-refractivity contribution is -0.160. The first-order chi connectivity index (χ1) is 11.2. The van der Waals surface area contributed by atoms with Crippen LogP contribution >= 0.6 is 0 Å². The van der Waals surface area contributed by atoms with Crippen LogP contribution in [0.2, 0.25) is 0 Å². The number of carboxylic acid groups (broad SMARTS) is 1. The van der Waals surface area contributed by atoms with E-state index in [-0.39, 0.29) is 25.6 Å². The molecule has 1 heterocycles. The highest BCUT2D eigenvalue weighted by molar-refractivity contribution is 5.92. The maximum absolute atomic E-state index is 12.9. The van der Waals surface area contributed by atoms with Gasteiger partial charge >= 0.3 is 12.1 Å². The lowest BCUT2D eigenvalue weighted by Gasteiger charge is -2.33. The number of aliphatic carboxylic acids is 1. The van der Waals surface area contributed by atoms with E-state index in [4.69, 9.17) is 9.84 Å². The van der Waals surface area contributed by atoms with Gasteiger partial charge in [-0.2, -0.15) is 13.2 Å². The number of amides is 1. The van der Waals surface area contributed by atoms with Gasteiger partial charge < -0.3 is 14.7 Å². The summed E-state index contributed by atoms with van der Waals surface area (Å²) in [5.74, 6) is -1.48. The lowest BCUT2D eigenvalue weighted by atomic mass is 9.92. The number of morpholine rings is 1. The quantitative estimate of drug-likeness (QED) is 0.912. The molecule has 1 saturated carbocycles. The number of rotatable bonds is 3. The summed E-state index contributed by atoms with van der Waals surface area (Å²) in [5.41, 5.74) is -1.42. The summed E-state index contributed by atoms with van der Waals surface area (Å²) >= 11 is 0. The van der Waals surface area contributed by atoms with Gasteiger partial charge in [0.05, 0.1) is 24.1 Å². The van der Waals surface area contributed by atoms with E-state index in [2.05, 4.69) is 0 Å². The Bertz CT molecular complexity index is 670. The Labute approximate surface area is 136 Å². The predicted octanol–water partition coefficient (Wildman–Crippen LogP) is 2.05.